The van der Waals surface area contributed by atoms with Crippen LogP contribution in [0.4, 0.5) is 4.79 Å². The number of amides is 3. The zero-order valence-corrected chi connectivity index (χ0v) is 9.92. The van der Waals surface area contributed by atoms with Crippen LogP contribution in [0.25, 0.3) is 0 Å². The van der Waals surface area contributed by atoms with Crippen molar-refractivity contribution in [2.45, 2.75) is 45.4 Å². The van der Waals surface area contributed by atoms with E-state index in [4.69, 9.17) is 0 Å². The van der Waals surface area contributed by atoms with Gasteiger partial charge in [0, 0.05) is 13.1 Å². The number of imide groups is 1. The van der Waals surface area contributed by atoms with Gasteiger partial charge in [0.15, 0.2) is 0 Å². The number of hydrogen-bond donors (Lipinski definition) is 1. The molecule has 0 aromatic carbocycles. The number of carbonyl (C=O) groups excluding carboxylic acids is 2. The molecule has 0 radical (unpaired) electrons. The summed E-state index contributed by atoms with van der Waals surface area (Å²) in [5, 5.41) is 2.87. The van der Waals surface area contributed by atoms with Crippen LogP contribution in [0.15, 0.2) is 0 Å². The summed E-state index contributed by atoms with van der Waals surface area (Å²) in [4.78, 5) is 25.3. The maximum Gasteiger partial charge on any atom is 0.324 e. The summed E-state index contributed by atoms with van der Waals surface area (Å²) < 4.78 is 0. The van der Waals surface area contributed by atoms with E-state index in [9.17, 15) is 9.59 Å². The fraction of sp³-hybridized carbons (Fsp3) is 0.833. The van der Waals surface area contributed by atoms with Crippen molar-refractivity contribution in [1.29, 1.82) is 0 Å². The topological polar surface area (TPSA) is 49.4 Å². The van der Waals surface area contributed by atoms with Gasteiger partial charge in [-0.15, -0.1) is 0 Å². The van der Waals surface area contributed by atoms with Gasteiger partial charge in [0.2, 0.25) is 5.91 Å². The zero-order valence-electron chi connectivity index (χ0n) is 9.92. The Balaban J connectivity index is 2.20. The van der Waals surface area contributed by atoms with Crippen LogP contribution in [0.1, 0.15) is 45.4 Å². The van der Waals surface area contributed by atoms with Crippen LogP contribution in [-0.2, 0) is 4.79 Å². The summed E-state index contributed by atoms with van der Waals surface area (Å²) in [7, 11) is 0. The second-order valence-electron chi connectivity index (χ2n) is 4.90. The lowest BCUT2D eigenvalue weighted by molar-refractivity contribution is -0.141. The fourth-order valence-electron chi connectivity index (χ4n) is 2.88. The molecule has 1 aliphatic heterocycles. The average Bonchev–Trinajstić information content (AvgIpc) is 2.52. The maximum atomic E-state index is 12.4. The Kier molecular flexibility index (Phi) is 3.17. The van der Waals surface area contributed by atoms with Crippen molar-refractivity contribution >= 4 is 11.9 Å². The van der Waals surface area contributed by atoms with Crippen LogP contribution in [0.2, 0.25) is 0 Å². The monoisotopic (exact) mass is 224 g/mol. The van der Waals surface area contributed by atoms with E-state index in [1.807, 2.05) is 6.92 Å². The molecule has 2 fully saturated rings. The van der Waals surface area contributed by atoms with Crippen LogP contribution in [0.5, 0.6) is 0 Å². The van der Waals surface area contributed by atoms with E-state index in [-0.39, 0.29) is 17.4 Å². The van der Waals surface area contributed by atoms with Crippen molar-refractivity contribution in [3.05, 3.63) is 0 Å². The van der Waals surface area contributed by atoms with Gasteiger partial charge in [-0.05, 0) is 19.8 Å². The number of nitrogens with one attached hydrogen (secondary N) is 1. The molecule has 4 heteroatoms. The van der Waals surface area contributed by atoms with Crippen molar-refractivity contribution in [1.82, 2.24) is 10.2 Å². The summed E-state index contributed by atoms with van der Waals surface area (Å²) in [6.07, 6.45) is 6.52. The minimum atomic E-state index is -0.291. The fourth-order valence-corrected chi connectivity index (χ4v) is 2.88. The minimum Gasteiger partial charge on any atom is -0.337 e. The molecule has 0 unspecified atom stereocenters. The molecule has 90 valence electrons. The molecule has 1 spiro atoms. The minimum absolute atomic E-state index is 0.0562. The van der Waals surface area contributed by atoms with Crippen molar-refractivity contribution in [3.8, 4) is 0 Å². The predicted molar refractivity (Wildman–Crippen MR) is 60.9 cm³/mol. The third kappa shape index (κ3) is 1.81. The van der Waals surface area contributed by atoms with Crippen LogP contribution in [0.3, 0.4) is 0 Å². The molecule has 16 heavy (non-hydrogen) atoms. The molecular formula is C12H20N2O2. The zero-order chi connectivity index (χ0) is 11.6. The maximum absolute atomic E-state index is 12.4. The molecule has 0 aromatic heterocycles. The van der Waals surface area contributed by atoms with Gasteiger partial charge in [0.25, 0.3) is 0 Å². The van der Waals surface area contributed by atoms with Gasteiger partial charge in [-0.25, -0.2) is 4.79 Å². The second-order valence-corrected chi connectivity index (χ2v) is 4.90. The van der Waals surface area contributed by atoms with E-state index >= 15 is 0 Å². The Bertz CT molecular complexity index is 293. The van der Waals surface area contributed by atoms with Crippen molar-refractivity contribution in [2.24, 2.45) is 5.41 Å². The standard InChI is InChI=1S/C12H20N2O2/c1-2-14-10(15)12(9-13-11(14)16)7-5-3-4-6-8-12/h2-9H2,1H3,(H,13,16). The van der Waals surface area contributed by atoms with Gasteiger partial charge in [-0.2, -0.15) is 0 Å². The summed E-state index contributed by atoms with van der Waals surface area (Å²) in [5.74, 6) is 0.0562. The van der Waals surface area contributed by atoms with Crippen LogP contribution < -0.4 is 5.32 Å². The summed E-state index contributed by atoms with van der Waals surface area (Å²) >= 11 is 0. The normalized spacial score (nSPS) is 25.4. The Hall–Kier alpha value is -1.06. The molecule has 0 bridgehead atoms. The van der Waals surface area contributed by atoms with E-state index in [0.717, 1.165) is 25.7 Å². The highest BCUT2D eigenvalue weighted by atomic mass is 16.2. The molecule has 3 amide bonds. The van der Waals surface area contributed by atoms with Crippen LogP contribution >= 0.6 is 0 Å². The predicted octanol–water partition coefficient (Wildman–Crippen LogP) is 1.90. The first kappa shape index (κ1) is 11.4. The molecule has 2 rings (SSSR count). The third-order valence-electron chi connectivity index (χ3n) is 3.90. The number of rotatable bonds is 1. The van der Waals surface area contributed by atoms with Gasteiger partial charge in [-0.1, -0.05) is 25.7 Å². The second kappa shape index (κ2) is 4.44. The molecule has 1 heterocycles. The lowest BCUT2D eigenvalue weighted by Gasteiger charge is -2.40. The smallest absolute Gasteiger partial charge is 0.324 e. The Labute approximate surface area is 96.4 Å². The lowest BCUT2D eigenvalue weighted by Crippen LogP contribution is -2.60. The van der Waals surface area contributed by atoms with E-state index in [2.05, 4.69) is 5.32 Å². The first-order valence-electron chi connectivity index (χ1n) is 6.29. The van der Waals surface area contributed by atoms with E-state index in [1.54, 1.807) is 0 Å². The van der Waals surface area contributed by atoms with E-state index in [0.29, 0.717) is 13.1 Å². The van der Waals surface area contributed by atoms with Crippen molar-refractivity contribution in [3.63, 3.8) is 0 Å². The summed E-state index contributed by atoms with van der Waals surface area (Å²) in [6, 6.07) is -0.220. The number of hydrogen-bond acceptors (Lipinski definition) is 2. The first-order chi connectivity index (χ1) is 7.69. The van der Waals surface area contributed by atoms with Crippen molar-refractivity contribution < 1.29 is 9.59 Å². The summed E-state index contributed by atoms with van der Waals surface area (Å²) in [5.41, 5.74) is -0.291. The summed E-state index contributed by atoms with van der Waals surface area (Å²) in [6.45, 7) is 2.88. The molecule has 1 saturated heterocycles. The van der Waals surface area contributed by atoms with Gasteiger partial charge in [-0.3, -0.25) is 9.69 Å². The molecule has 0 atom stereocenters. The highest BCUT2D eigenvalue weighted by Crippen LogP contribution is 2.37. The quantitative estimate of drug-likeness (QED) is 0.739. The van der Waals surface area contributed by atoms with Crippen LogP contribution in [0, 0.1) is 5.41 Å². The molecule has 1 aliphatic carbocycles. The Morgan fingerprint density at radius 1 is 1.19 bits per heavy atom. The molecule has 1 N–H and O–H groups in total. The van der Waals surface area contributed by atoms with Gasteiger partial charge in [0.1, 0.15) is 0 Å². The number of urea groups is 1. The molecule has 1 saturated carbocycles. The molecular weight excluding hydrogens is 204 g/mol. The Morgan fingerprint density at radius 3 is 2.38 bits per heavy atom. The van der Waals surface area contributed by atoms with Gasteiger partial charge < -0.3 is 5.32 Å². The molecule has 2 aliphatic rings. The lowest BCUT2D eigenvalue weighted by atomic mass is 9.78. The average molecular weight is 224 g/mol. The molecule has 4 nitrogen and oxygen atoms in total. The van der Waals surface area contributed by atoms with Gasteiger partial charge in [0.05, 0.1) is 5.41 Å². The third-order valence-corrected chi connectivity index (χ3v) is 3.90. The van der Waals surface area contributed by atoms with Gasteiger partial charge >= 0.3 is 6.03 Å². The highest BCUT2D eigenvalue weighted by molar-refractivity contribution is 6.00. The van der Waals surface area contributed by atoms with Crippen LogP contribution in [-0.4, -0.2) is 29.9 Å². The van der Waals surface area contributed by atoms with E-state index < -0.39 is 0 Å². The Morgan fingerprint density at radius 2 is 1.81 bits per heavy atom. The highest BCUT2D eigenvalue weighted by Gasteiger charge is 2.46. The largest absolute Gasteiger partial charge is 0.337 e. The SMILES string of the molecule is CCN1C(=O)NCC2(CCCCCC2)C1=O. The molecule has 0 aromatic rings. The number of nitrogens with zero attached hydrogens (tertiary/aromatic N) is 1. The first-order valence-corrected chi connectivity index (χ1v) is 6.29. The van der Waals surface area contributed by atoms with Crippen molar-refractivity contribution in [2.75, 3.05) is 13.1 Å². The van der Waals surface area contributed by atoms with E-state index in [1.165, 1.54) is 17.7 Å². The number of carbonyl (C=O) groups is 2.